The van der Waals surface area contributed by atoms with E-state index in [0.29, 0.717) is 44.5 Å². The van der Waals surface area contributed by atoms with E-state index in [-0.39, 0.29) is 11.8 Å². The highest BCUT2D eigenvalue weighted by Crippen LogP contribution is 2.29. The van der Waals surface area contributed by atoms with E-state index >= 15 is 0 Å². The first-order valence-electron chi connectivity index (χ1n) is 6.84. The minimum atomic E-state index is -0.832. The van der Waals surface area contributed by atoms with E-state index in [1.54, 1.807) is 18.1 Å². The second kappa shape index (κ2) is 6.79. The van der Waals surface area contributed by atoms with Gasteiger partial charge < -0.3 is 9.64 Å². The summed E-state index contributed by atoms with van der Waals surface area (Å²) < 4.78 is 32.2. The van der Waals surface area contributed by atoms with Gasteiger partial charge in [-0.05, 0) is 24.5 Å². The Labute approximate surface area is 117 Å². The van der Waals surface area contributed by atoms with Crippen LogP contribution in [0.25, 0.3) is 0 Å². The molecule has 1 amide bonds. The lowest BCUT2D eigenvalue weighted by molar-refractivity contribution is -0.131. The number of benzene rings is 1. The van der Waals surface area contributed by atoms with Crippen LogP contribution in [0.5, 0.6) is 0 Å². The number of ether oxygens (including phenoxy) is 1. The van der Waals surface area contributed by atoms with Gasteiger partial charge in [-0.1, -0.05) is 12.1 Å². The molecule has 1 aromatic rings. The maximum absolute atomic E-state index is 13.9. The van der Waals surface area contributed by atoms with Crippen molar-refractivity contribution >= 4 is 5.91 Å². The van der Waals surface area contributed by atoms with Gasteiger partial charge in [-0.25, -0.2) is 8.78 Å². The van der Waals surface area contributed by atoms with Gasteiger partial charge in [0.2, 0.25) is 5.91 Å². The highest BCUT2D eigenvalue weighted by Gasteiger charge is 2.26. The van der Waals surface area contributed by atoms with Gasteiger partial charge in [0.05, 0.1) is 6.61 Å². The lowest BCUT2D eigenvalue weighted by Crippen LogP contribution is -2.35. The van der Waals surface area contributed by atoms with E-state index in [1.807, 2.05) is 0 Å². The summed E-state index contributed by atoms with van der Waals surface area (Å²) in [5, 5.41) is 0. The molecule has 0 bridgehead atoms. The van der Waals surface area contributed by atoms with E-state index in [1.165, 1.54) is 6.07 Å². The normalized spacial score (nSPS) is 20.1. The van der Waals surface area contributed by atoms with Crippen molar-refractivity contribution in [1.82, 2.24) is 4.90 Å². The van der Waals surface area contributed by atoms with Gasteiger partial charge >= 0.3 is 0 Å². The molecule has 0 saturated carbocycles. The molecule has 0 aromatic heterocycles. The number of rotatable bonds is 4. The zero-order valence-electron chi connectivity index (χ0n) is 11.6. The zero-order valence-corrected chi connectivity index (χ0v) is 11.6. The number of carbonyl (C=O) groups excluding carboxylic acids is 1. The molecule has 5 heteroatoms. The number of likely N-dealkylation sites (tertiary alicyclic amines) is 1. The quantitative estimate of drug-likeness (QED) is 0.850. The summed E-state index contributed by atoms with van der Waals surface area (Å²) in [5.74, 6) is -1.73. The van der Waals surface area contributed by atoms with Crippen molar-refractivity contribution in [3.63, 3.8) is 0 Å². The molecular weight excluding hydrogens is 264 g/mol. The molecule has 1 aliphatic rings. The fraction of sp³-hybridized carbons (Fsp3) is 0.533. The molecule has 1 aromatic carbocycles. The van der Waals surface area contributed by atoms with Crippen LogP contribution in [0.3, 0.4) is 0 Å². The third-order valence-corrected chi connectivity index (χ3v) is 3.72. The monoisotopic (exact) mass is 283 g/mol. The Morgan fingerprint density at radius 2 is 2.20 bits per heavy atom. The maximum Gasteiger partial charge on any atom is 0.222 e. The minimum absolute atomic E-state index is 0.0568. The third-order valence-electron chi connectivity index (χ3n) is 3.72. The molecule has 1 aliphatic heterocycles. The molecule has 0 N–H and O–H groups in total. The Bertz CT molecular complexity index is 479. The van der Waals surface area contributed by atoms with Crippen molar-refractivity contribution in [2.75, 3.05) is 26.8 Å². The van der Waals surface area contributed by atoms with Crippen LogP contribution in [-0.4, -0.2) is 37.6 Å². The third kappa shape index (κ3) is 3.33. The Morgan fingerprint density at radius 3 is 2.95 bits per heavy atom. The molecule has 1 saturated heterocycles. The van der Waals surface area contributed by atoms with Gasteiger partial charge in [-0.15, -0.1) is 0 Å². The molecule has 3 nitrogen and oxygen atoms in total. The summed E-state index contributed by atoms with van der Waals surface area (Å²) in [6, 6.07) is 4.23. The predicted octanol–water partition coefficient (Wildman–Crippen LogP) is 2.71. The van der Waals surface area contributed by atoms with Gasteiger partial charge in [-0.3, -0.25) is 4.79 Å². The van der Waals surface area contributed by atoms with Gasteiger partial charge in [0, 0.05) is 32.5 Å². The fourth-order valence-electron chi connectivity index (χ4n) is 2.62. The summed E-state index contributed by atoms with van der Waals surface area (Å²) in [5.41, 5.74) is 0.363. The smallest absolute Gasteiger partial charge is 0.222 e. The summed E-state index contributed by atoms with van der Waals surface area (Å²) in [6.45, 7) is 1.36. The first-order valence-corrected chi connectivity index (χ1v) is 6.84. The molecule has 110 valence electrons. The van der Waals surface area contributed by atoms with E-state index in [0.717, 1.165) is 6.07 Å². The Morgan fingerprint density at radius 1 is 1.40 bits per heavy atom. The van der Waals surface area contributed by atoms with Crippen LogP contribution in [0.4, 0.5) is 8.78 Å². The summed E-state index contributed by atoms with van der Waals surface area (Å²) in [6.07, 6.45) is 1.84. The van der Waals surface area contributed by atoms with Gasteiger partial charge in [0.1, 0.15) is 0 Å². The Hall–Kier alpha value is -1.49. The second-order valence-corrected chi connectivity index (χ2v) is 5.06. The van der Waals surface area contributed by atoms with Gasteiger partial charge in [-0.2, -0.15) is 0 Å². The van der Waals surface area contributed by atoms with Crippen LogP contribution in [0, 0.1) is 11.6 Å². The average Bonchev–Trinajstić information content (AvgIpc) is 2.62. The molecular formula is C15H19F2NO2. The van der Waals surface area contributed by atoms with Crippen molar-refractivity contribution in [2.45, 2.75) is 25.2 Å². The summed E-state index contributed by atoms with van der Waals surface area (Å²) in [4.78, 5) is 13.6. The van der Waals surface area contributed by atoms with Crippen LogP contribution in [-0.2, 0) is 9.53 Å². The van der Waals surface area contributed by atoms with Crippen molar-refractivity contribution in [3.8, 4) is 0 Å². The van der Waals surface area contributed by atoms with E-state index in [9.17, 15) is 13.6 Å². The lowest BCUT2D eigenvalue weighted by atomic mass is 9.93. The average molecular weight is 283 g/mol. The number of hydrogen-bond donors (Lipinski definition) is 0. The number of carbonyl (C=O) groups is 1. The summed E-state index contributed by atoms with van der Waals surface area (Å²) >= 11 is 0. The molecule has 0 unspecified atom stereocenters. The number of halogens is 2. The Kier molecular flexibility index (Phi) is 5.06. The van der Waals surface area contributed by atoms with Gasteiger partial charge in [0.25, 0.3) is 0 Å². The molecule has 20 heavy (non-hydrogen) atoms. The molecule has 1 heterocycles. The molecule has 0 aliphatic carbocycles. The van der Waals surface area contributed by atoms with E-state index in [2.05, 4.69) is 0 Å². The van der Waals surface area contributed by atoms with Crippen LogP contribution in [0.2, 0.25) is 0 Å². The van der Waals surface area contributed by atoms with Gasteiger partial charge in [0.15, 0.2) is 11.6 Å². The standard InChI is InChI=1S/C15H19F2NO2/c1-20-9-8-18-10-11(4-2-7-14(18)19)12-5-3-6-13(16)15(12)17/h3,5-6,11H,2,4,7-10H2,1H3/t11-/m1/s1. The van der Waals surface area contributed by atoms with Crippen LogP contribution >= 0.6 is 0 Å². The second-order valence-electron chi connectivity index (χ2n) is 5.06. The molecule has 0 spiro atoms. The SMILES string of the molecule is COCCN1C[C@H](c2cccc(F)c2F)CCCC1=O. The van der Waals surface area contributed by atoms with Crippen molar-refractivity contribution in [2.24, 2.45) is 0 Å². The van der Waals surface area contributed by atoms with Crippen LogP contribution < -0.4 is 0 Å². The van der Waals surface area contributed by atoms with Crippen LogP contribution in [0.15, 0.2) is 18.2 Å². The Balaban J connectivity index is 2.18. The first kappa shape index (κ1) is 14.9. The highest BCUT2D eigenvalue weighted by atomic mass is 19.2. The number of hydrogen-bond acceptors (Lipinski definition) is 2. The van der Waals surface area contributed by atoms with E-state index < -0.39 is 11.6 Å². The molecule has 1 fully saturated rings. The van der Waals surface area contributed by atoms with Crippen LogP contribution in [0.1, 0.15) is 30.7 Å². The minimum Gasteiger partial charge on any atom is -0.383 e. The largest absolute Gasteiger partial charge is 0.383 e. The molecule has 2 rings (SSSR count). The van der Waals surface area contributed by atoms with Crippen molar-refractivity contribution in [3.05, 3.63) is 35.4 Å². The number of amides is 1. The highest BCUT2D eigenvalue weighted by molar-refractivity contribution is 5.76. The molecule has 1 atom stereocenters. The lowest BCUT2D eigenvalue weighted by Gasteiger charge is -2.25. The first-order chi connectivity index (χ1) is 9.63. The van der Waals surface area contributed by atoms with E-state index in [4.69, 9.17) is 4.74 Å². The maximum atomic E-state index is 13.9. The number of nitrogens with zero attached hydrogens (tertiary/aromatic N) is 1. The van der Waals surface area contributed by atoms with Crippen molar-refractivity contribution in [1.29, 1.82) is 0 Å². The topological polar surface area (TPSA) is 29.5 Å². The predicted molar refractivity (Wildman–Crippen MR) is 71.4 cm³/mol. The van der Waals surface area contributed by atoms with Crippen molar-refractivity contribution < 1.29 is 18.3 Å². The molecule has 0 radical (unpaired) electrons. The summed E-state index contributed by atoms with van der Waals surface area (Å²) in [7, 11) is 1.58. The zero-order chi connectivity index (χ0) is 14.5. The fourth-order valence-corrected chi connectivity index (χ4v) is 2.62. The number of methoxy groups -OCH3 is 1.